The highest BCUT2D eigenvalue weighted by Crippen LogP contribution is 2.31. The van der Waals surface area contributed by atoms with E-state index in [4.69, 9.17) is 0 Å². The summed E-state index contributed by atoms with van der Waals surface area (Å²) in [6.07, 6.45) is 5.13. The van der Waals surface area contributed by atoms with Crippen LogP contribution < -0.4 is 4.90 Å². The van der Waals surface area contributed by atoms with E-state index in [-0.39, 0.29) is 5.91 Å². The lowest BCUT2D eigenvalue weighted by molar-refractivity contribution is -0.117. The lowest BCUT2D eigenvalue weighted by Crippen LogP contribution is -2.27. The molecule has 0 spiro atoms. The first-order valence-corrected chi connectivity index (χ1v) is 8.26. The third-order valence-electron chi connectivity index (χ3n) is 3.43. The zero-order valence-corrected chi connectivity index (χ0v) is 12.5. The van der Waals surface area contributed by atoms with Gasteiger partial charge in [0.2, 0.25) is 5.91 Å². The Morgan fingerprint density at radius 2 is 2.26 bits per heavy atom. The second kappa shape index (κ2) is 5.43. The van der Waals surface area contributed by atoms with E-state index in [1.54, 1.807) is 27.6 Å². The Bertz CT molecular complexity index is 551. The summed E-state index contributed by atoms with van der Waals surface area (Å²) in [7, 11) is 1.83. The van der Waals surface area contributed by atoms with Gasteiger partial charge in [0.15, 0.2) is 5.13 Å². The standard InChI is InChI=1S/C14H16N2OS2/c1-16(13(17)8-10-6-7-18-9-10)14-15-11-4-2-3-5-12(11)19-14/h6-7,9H,2-5,8H2,1H3. The fourth-order valence-electron chi connectivity index (χ4n) is 2.27. The lowest BCUT2D eigenvalue weighted by atomic mass is 10.0. The second-order valence-corrected chi connectivity index (χ2v) is 6.68. The average molecular weight is 292 g/mol. The summed E-state index contributed by atoms with van der Waals surface area (Å²) < 4.78 is 0. The van der Waals surface area contributed by atoms with Crippen molar-refractivity contribution in [3.63, 3.8) is 0 Å². The normalized spacial score (nSPS) is 14.2. The molecule has 5 heteroatoms. The van der Waals surface area contributed by atoms with Gasteiger partial charge in [0.05, 0.1) is 12.1 Å². The van der Waals surface area contributed by atoms with Crippen molar-refractivity contribution >= 4 is 33.7 Å². The Morgan fingerprint density at radius 3 is 3.00 bits per heavy atom. The number of carbonyl (C=O) groups excluding carboxylic acids is 1. The van der Waals surface area contributed by atoms with Crippen LogP contribution in [0.2, 0.25) is 0 Å². The molecule has 3 nitrogen and oxygen atoms in total. The van der Waals surface area contributed by atoms with Crippen molar-refractivity contribution in [3.8, 4) is 0 Å². The maximum Gasteiger partial charge on any atom is 0.232 e. The van der Waals surface area contributed by atoms with Crippen molar-refractivity contribution in [2.75, 3.05) is 11.9 Å². The monoisotopic (exact) mass is 292 g/mol. The van der Waals surface area contributed by atoms with Gasteiger partial charge in [-0.1, -0.05) is 0 Å². The quantitative estimate of drug-likeness (QED) is 0.869. The van der Waals surface area contributed by atoms with E-state index in [1.807, 2.05) is 23.9 Å². The molecule has 0 aromatic carbocycles. The second-order valence-electron chi connectivity index (χ2n) is 4.83. The van der Waals surface area contributed by atoms with Gasteiger partial charge >= 0.3 is 0 Å². The number of hydrogen-bond acceptors (Lipinski definition) is 4. The molecular formula is C14H16N2OS2. The van der Waals surface area contributed by atoms with Crippen molar-refractivity contribution in [2.24, 2.45) is 0 Å². The van der Waals surface area contributed by atoms with Crippen molar-refractivity contribution in [3.05, 3.63) is 33.0 Å². The Labute approximate surface area is 120 Å². The van der Waals surface area contributed by atoms with Gasteiger partial charge in [-0.2, -0.15) is 11.3 Å². The molecule has 0 radical (unpaired) electrons. The van der Waals surface area contributed by atoms with Gasteiger partial charge in [0.25, 0.3) is 0 Å². The molecule has 2 aromatic heterocycles. The van der Waals surface area contributed by atoms with Crippen LogP contribution in [-0.2, 0) is 24.1 Å². The van der Waals surface area contributed by atoms with Crippen LogP contribution in [0.25, 0.3) is 0 Å². The minimum absolute atomic E-state index is 0.115. The highest BCUT2D eigenvalue weighted by atomic mass is 32.1. The van der Waals surface area contributed by atoms with E-state index < -0.39 is 0 Å². The van der Waals surface area contributed by atoms with Crippen LogP contribution in [-0.4, -0.2) is 17.9 Å². The van der Waals surface area contributed by atoms with E-state index in [9.17, 15) is 4.79 Å². The molecule has 0 bridgehead atoms. The topological polar surface area (TPSA) is 33.2 Å². The molecule has 0 saturated heterocycles. The predicted octanol–water partition coefficient (Wildman–Crippen LogP) is 3.29. The summed E-state index contributed by atoms with van der Waals surface area (Å²) in [5.74, 6) is 0.115. The SMILES string of the molecule is CN(C(=O)Cc1ccsc1)c1nc2c(s1)CCCC2. The Balaban J connectivity index is 1.74. The molecule has 100 valence electrons. The first-order valence-electron chi connectivity index (χ1n) is 6.50. The Kier molecular flexibility index (Phi) is 3.66. The number of aryl methyl sites for hydroxylation is 2. The largest absolute Gasteiger partial charge is 0.291 e. The van der Waals surface area contributed by atoms with Crippen molar-refractivity contribution < 1.29 is 4.79 Å². The molecule has 0 N–H and O–H groups in total. The van der Waals surface area contributed by atoms with Gasteiger partial charge in [-0.25, -0.2) is 4.98 Å². The van der Waals surface area contributed by atoms with Crippen LogP contribution >= 0.6 is 22.7 Å². The number of fused-ring (bicyclic) bond motifs is 1. The van der Waals surface area contributed by atoms with E-state index >= 15 is 0 Å². The van der Waals surface area contributed by atoms with Crippen LogP contribution in [0.5, 0.6) is 0 Å². The molecule has 2 aromatic rings. The fourth-order valence-corrected chi connectivity index (χ4v) is 4.07. The van der Waals surface area contributed by atoms with Gasteiger partial charge in [-0.3, -0.25) is 9.69 Å². The number of thiazole rings is 1. The van der Waals surface area contributed by atoms with Gasteiger partial charge in [0.1, 0.15) is 0 Å². The van der Waals surface area contributed by atoms with Gasteiger partial charge in [-0.05, 0) is 48.1 Å². The first-order chi connectivity index (χ1) is 9.24. The number of hydrogen-bond donors (Lipinski definition) is 0. The number of anilines is 1. The summed E-state index contributed by atoms with van der Waals surface area (Å²) in [4.78, 5) is 19.9. The molecule has 1 aliphatic carbocycles. The average Bonchev–Trinajstić information content (AvgIpc) is 3.05. The molecule has 0 unspecified atom stereocenters. The third-order valence-corrected chi connectivity index (χ3v) is 5.40. The number of likely N-dealkylation sites (N-methyl/N-ethyl adjacent to an activating group) is 1. The van der Waals surface area contributed by atoms with Crippen LogP contribution in [0.3, 0.4) is 0 Å². The van der Waals surface area contributed by atoms with Crippen LogP contribution in [0.1, 0.15) is 29.0 Å². The number of nitrogens with zero attached hydrogens (tertiary/aromatic N) is 2. The van der Waals surface area contributed by atoms with Crippen molar-refractivity contribution in [1.29, 1.82) is 0 Å². The summed E-state index contributed by atoms with van der Waals surface area (Å²) in [6, 6.07) is 2.00. The number of carbonyl (C=O) groups is 1. The molecule has 1 aliphatic rings. The molecule has 0 saturated carbocycles. The molecule has 0 aliphatic heterocycles. The minimum Gasteiger partial charge on any atom is -0.291 e. The van der Waals surface area contributed by atoms with Gasteiger partial charge in [-0.15, -0.1) is 11.3 Å². The third kappa shape index (κ3) is 2.72. The highest BCUT2D eigenvalue weighted by Gasteiger charge is 2.20. The fraction of sp³-hybridized carbons (Fsp3) is 0.429. The summed E-state index contributed by atoms with van der Waals surface area (Å²) in [6.45, 7) is 0. The highest BCUT2D eigenvalue weighted by molar-refractivity contribution is 7.16. The Morgan fingerprint density at radius 1 is 1.42 bits per heavy atom. The smallest absolute Gasteiger partial charge is 0.232 e. The molecular weight excluding hydrogens is 276 g/mol. The summed E-state index contributed by atoms with van der Waals surface area (Å²) in [5, 5.41) is 4.88. The minimum atomic E-state index is 0.115. The van der Waals surface area contributed by atoms with E-state index in [0.29, 0.717) is 6.42 Å². The molecule has 0 fully saturated rings. The molecule has 1 amide bonds. The number of rotatable bonds is 3. The summed E-state index contributed by atoms with van der Waals surface area (Å²) in [5.41, 5.74) is 2.30. The predicted molar refractivity (Wildman–Crippen MR) is 80.2 cm³/mol. The van der Waals surface area contributed by atoms with Crippen LogP contribution in [0.15, 0.2) is 16.8 Å². The zero-order chi connectivity index (χ0) is 13.2. The Hall–Kier alpha value is -1.20. The number of thiophene rings is 1. The zero-order valence-electron chi connectivity index (χ0n) is 10.9. The van der Waals surface area contributed by atoms with E-state index in [0.717, 1.165) is 23.5 Å². The molecule has 19 heavy (non-hydrogen) atoms. The maximum absolute atomic E-state index is 12.2. The summed E-state index contributed by atoms with van der Waals surface area (Å²) >= 11 is 3.31. The van der Waals surface area contributed by atoms with Gasteiger partial charge < -0.3 is 0 Å². The van der Waals surface area contributed by atoms with E-state index in [1.165, 1.54) is 23.4 Å². The van der Waals surface area contributed by atoms with Crippen molar-refractivity contribution in [1.82, 2.24) is 4.98 Å². The van der Waals surface area contributed by atoms with Gasteiger partial charge in [0, 0.05) is 11.9 Å². The maximum atomic E-state index is 12.2. The van der Waals surface area contributed by atoms with Crippen LogP contribution in [0, 0.1) is 0 Å². The molecule has 0 atom stereocenters. The van der Waals surface area contributed by atoms with E-state index in [2.05, 4.69) is 4.98 Å². The molecule has 2 heterocycles. The number of aromatic nitrogens is 1. The van der Waals surface area contributed by atoms with Crippen LogP contribution in [0.4, 0.5) is 5.13 Å². The molecule has 3 rings (SSSR count). The first kappa shape index (κ1) is 12.8. The van der Waals surface area contributed by atoms with Crippen molar-refractivity contribution in [2.45, 2.75) is 32.1 Å². The number of amides is 1. The lowest BCUT2D eigenvalue weighted by Gasteiger charge is -2.12.